The molecule has 2 aliphatic rings. The highest BCUT2D eigenvalue weighted by Crippen LogP contribution is 2.56. The first-order valence-electron chi connectivity index (χ1n) is 17.3. The maximum absolute atomic E-state index is 5.03. The summed E-state index contributed by atoms with van der Waals surface area (Å²) in [7, 11) is 0. The van der Waals surface area contributed by atoms with Crippen molar-refractivity contribution in [2.45, 2.75) is 42.4 Å². The minimum Gasteiger partial charge on any atom is -0.228 e. The number of nitrogens with zero attached hydrogens (tertiary/aromatic N) is 2. The summed E-state index contributed by atoms with van der Waals surface area (Å²) in [6.07, 6.45) is 6.49. The van der Waals surface area contributed by atoms with Gasteiger partial charge in [0.15, 0.2) is 5.82 Å². The SMILES string of the molecule is Sc1ccccc1-c1cc(-c2ccccc2)nc(-c2ccc(-c3cccc(-c4ccc5c(c4)-c4ccccc4C54CCCCC4)c3)cc2)n1. The molecule has 0 N–H and O–H groups in total. The molecule has 2 aliphatic carbocycles. The van der Waals surface area contributed by atoms with E-state index in [-0.39, 0.29) is 5.41 Å². The average Bonchev–Trinajstić information content (AvgIpc) is 3.43. The summed E-state index contributed by atoms with van der Waals surface area (Å²) in [5.74, 6) is 0.697. The molecule has 1 saturated carbocycles. The van der Waals surface area contributed by atoms with Crippen LogP contribution in [0.3, 0.4) is 0 Å². The molecular formula is C46H36N2S. The van der Waals surface area contributed by atoms with Crippen molar-refractivity contribution in [2.75, 3.05) is 0 Å². The third kappa shape index (κ3) is 5.30. The van der Waals surface area contributed by atoms with Gasteiger partial charge in [0.05, 0.1) is 11.4 Å². The molecule has 0 atom stereocenters. The Kier molecular flexibility index (Phi) is 7.51. The Morgan fingerprint density at radius 1 is 0.408 bits per heavy atom. The molecule has 49 heavy (non-hydrogen) atoms. The summed E-state index contributed by atoms with van der Waals surface area (Å²) in [5, 5.41) is 0. The maximum Gasteiger partial charge on any atom is 0.160 e. The highest BCUT2D eigenvalue weighted by molar-refractivity contribution is 7.80. The fourth-order valence-corrected chi connectivity index (χ4v) is 8.46. The number of thiol groups is 1. The monoisotopic (exact) mass is 648 g/mol. The van der Waals surface area contributed by atoms with Crippen LogP contribution in [0.4, 0.5) is 0 Å². The molecule has 0 radical (unpaired) electrons. The van der Waals surface area contributed by atoms with E-state index in [1.807, 2.05) is 36.4 Å². The molecule has 0 aliphatic heterocycles. The van der Waals surface area contributed by atoms with Crippen LogP contribution in [0.2, 0.25) is 0 Å². The molecule has 1 aromatic heterocycles. The molecule has 3 heteroatoms. The Morgan fingerprint density at radius 2 is 1.00 bits per heavy atom. The van der Waals surface area contributed by atoms with E-state index >= 15 is 0 Å². The molecule has 2 nitrogen and oxygen atoms in total. The highest BCUT2D eigenvalue weighted by atomic mass is 32.1. The van der Waals surface area contributed by atoms with Crippen molar-refractivity contribution >= 4 is 12.6 Å². The van der Waals surface area contributed by atoms with Crippen molar-refractivity contribution < 1.29 is 0 Å². The second kappa shape index (κ2) is 12.3. The summed E-state index contributed by atoms with van der Waals surface area (Å²) < 4.78 is 0. The summed E-state index contributed by atoms with van der Waals surface area (Å²) in [6, 6.07) is 54.4. The highest BCUT2D eigenvalue weighted by Gasteiger charge is 2.43. The van der Waals surface area contributed by atoms with Crippen molar-refractivity contribution in [3.05, 3.63) is 163 Å². The van der Waals surface area contributed by atoms with Gasteiger partial charge >= 0.3 is 0 Å². The zero-order chi connectivity index (χ0) is 32.8. The summed E-state index contributed by atoms with van der Waals surface area (Å²) in [5.41, 5.74) is 15.7. The standard InChI is InChI=1S/C46H36N2S/c49-44-19-8-6-17-38(44)43-30-42(32-12-3-1-4-13-32)47-45(48-43)33-22-20-31(21-23-33)34-14-11-15-35(28-34)36-24-25-41-39(29-36)37-16-5-7-18-40(37)46(41)26-9-2-10-27-46/h1,3-8,11-25,28-30,49H,2,9-10,26-27H2. The lowest BCUT2D eigenvalue weighted by molar-refractivity contribution is 0.353. The molecule has 7 aromatic rings. The first kappa shape index (κ1) is 29.9. The van der Waals surface area contributed by atoms with Crippen LogP contribution < -0.4 is 0 Å². The molecule has 1 fully saturated rings. The number of hydrogen-bond donors (Lipinski definition) is 1. The van der Waals surface area contributed by atoms with Gasteiger partial charge in [-0.15, -0.1) is 12.6 Å². The molecule has 1 heterocycles. The quantitative estimate of drug-likeness (QED) is 0.188. The van der Waals surface area contributed by atoms with E-state index in [1.165, 1.54) is 76.6 Å². The first-order valence-corrected chi connectivity index (χ1v) is 17.8. The van der Waals surface area contributed by atoms with E-state index in [0.29, 0.717) is 5.82 Å². The number of fused-ring (bicyclic) bond motifs is 5. The van der Waals surface area contributed by atoms with Crippen LogP contribution in [0.15, 0.2) is 157 Å². The fourth-order valence-electron chi connectivity index (χ4n) is 8.19. The largest absolute Gasteiger partial charge is 0.228 e. The smallest absolute Gasteiger partial charge is 0.160 e. The predicted octanol–water partition coefficient (Wildman–Crippen LogP) is 12.3. The van der Waals surface area contributed by atoms with Gasteiger partial charge in [-0.05, 0) is 81.6 Å². The van der Waals surface area contributed by atoms with E-state index in [1.54, 1.807) is 0 Å². The number of aromatic nitrogens is 2. The Labute approximate surface area is 294 Å². The van der Waals surface area contributed by atoms with E-state index in [0.717, 1.165) is 33.0 Å². The number of hydrogen-bond acceptors (Lipinski definition) is 3. The third-order valence-electron chi connectivity index (χ3n) is 10.6. The second-order valence-electron chi connectivity index (χ2n) is 13.5. The van der Waals surface area contributed by atoms with Crippen molar-refractivity contribution in [3.8, 4) is 67.3 Å². The van der Waals surface area contributed by atoms with Gasteiger partial charge in [0.25, 0.3) is 0 Å². The first-order chi connectivity index (χ1) is 24.2. The molecule has 0 amide bonds. The van der Waals surface area contributed by atoms with Gasteiger partial charge in [0.2, 0.25) is 0 Å². The maximum atomic E-state index is 5.03. The Bertz CT molecular complexity index is 2320. The molecular weight excluding hydrogens is 613 g/mol. The van der Waals surface area contributed by atoms with Crippen LogP contribution in [0.25, 0.3) is 67.3 Å². The van der Waals surface area contributed by atoms with Crippen molar-refractivity contribution in [3.63, 3.8) is 0 Å². The van der Waals surface area contributed by atoms with E-state index in [2.05, 4.69) is 115 Å². The zero-order valence-electron chi connectivity index (χ0n) is 27.3. The molecule has 0 saturated heterocycles. The van der Waals surface area contributed by atoms with Crippen molar-refractivity contribution in [2.24, 2.45) is 0 Å². The van der Waals surface area contributed by atoms with Gasteiger partial charge in [0.1, 0.15) is 0 Å². The Morgan fingerprint density at radius 3 is 1.80 bits per heavy atom. The third-order valence-corrected chi connectivity index (χ3v) is 11.0. The minimum absolute atomic E-state index is 0.188. The Hall–Kier alpha value is -5.25. The number of rotatable bonds is 5. The van der Waals surface area contributed by atoms with Crippen molar-refractivity contribution in [1.82, 2.24) is 9.97 Å². The van der Waals surface area contributed by atoms with Crippen molar-refractivity contribution in [1.29, 1.82) is 0 Å². The lowest BCUT2D eigenvalue weighted by Gasteiger charge is -2.36. The zero-order valence-corrected chi connectivity index (χ0v) is 28.2. The van der Waals surface area contributed by atoms with Crippen LogP contribution in [-0.4, -0.2) is 9.97 Å². The normalized spacial score (nSPS) is 14.4. The molecule has 1 spiro atoms. The molecule has 0 bridgehead atoms. The molecule has 6 aromatic carbocycles. The summed E-state index contributed by atoms with van der Waals surface area (Å²) in [6.45, 7) is 0. The van der Waals surface area contributed by atoms with E-state index in [9.17, 15) is 0 Å². The minimum atomic E-state index is 0.188. The number of benzene rings is 6. The van der Waals surface area contributed by atoms with E-state index < -0.39 is 0 Å². The van der Waals surface area contributed by atoms with Gasteiger partial charge in [-0.3, -0.25) is 0 Å². The summed E-state index contributed by atoms with van der Waals surface area (Å²) >= 11 is 4.73. The molecule has 9 rings (SSSR count). The van der Waals surface area contributed by atoms with Gasteiger partial charge in [-0.1, -0.05) is 147 Å². The molecule has 236 valence electrons. The lowest BCUT2D eigenvalue weighted by Crippen LogP contribution is -2.27. The topological polar surface area (TPSA) is 25.8 Å². The van der Waals surface area contributed by atoms with Crippen LogP contribution in [0.1, 0.15) is 43.2 Å². The van der Waals surface area contributed by atoms with Gasteiger partial charge < -0.3 is 0 Å². The van der Waals surface area contributed by atoms with Crippen LogP contribution in [0.5, 0.6) is 0 Å². The fraction of sp³-hybridized carbons (Fsp3) is 0.130. The summed E-state index contributed by atoms with van der Waals surface area (Å²) in [4.78, 5) is 10.9. The van der Waals surface area contributed by atoms with Crippen LogP contribution in [0, 0.1) is 0 Å². The van der Waals surface area contributed by atoms with Gasteiger partial charge in [-0.2, -0.15) is 0 Å². The van der Waals surface area contributed by atoms with Gasteiger partial charge in [0, 0.05) is 27.0 Å². The lowest BCUT2D eigenvalue weighted by atomic mass is 9.68. The molecule has 0 unspecified atom stereocenters. The second-order valence-corrected chi connectivity index (χ2v) is 13.9. The van der Waals surface area contributed by atoms with Crippen LogP contribution in [-0.2, 0) is 5.41 Å². The van der Waals surface area contributed by atoms with Crippen LogP contribution >= 0.6 is 12.6 Å². The predicted molar refractivity (Wildman–Crippen MR) is 206 cm³/mol. The van der Waals surface area contributed by atoms with Gasteiger partial charge in [-0.25, -0.2) is 9.97 Å². The Balaban J connectivity index is 1.06. The average molecular weight is 649 g/mol. The van der Waals surface area contributed by atoms with E-state index in [4.69, 9.17) is 22.6 Å².